The maximum atomic E-state index is 6.09. The summed E-state index contributed by atoms with van der Waals surface area (Å²) in [4.78, 5) is 8.93. The molecule has 2 aromatic heterocycles. The number of rotatable bonds is 5. The van der Waals surface area contributed by atoms with E-state index in [1.807, 2.05) is 39.6 Å². The number of halogens is 2. The van der Waals surface area contributed by atoms with Crippen LogP contribution in [0.4, 0.5) is 11.6 Å². The Morgan fingerprint density at radius 1 is 1.09 bits per heavy atom. The Bertz CT molecular complexity index is 1230. The van der Waals surface area contributed by atoms with Gasteiger partial charge in [-0.3, -0.25) is 0 Å². The van der Waals surface area contributed by atoms with E-state index in [0.717, 1.165) is 48.0 Å². The molecule has 0 fully saturated rings. The van der Waals surface area contributed by atoms with Crippen LogP contribution in [-0.2, 0) is 6.54 Å². The van der Waals surface area contributed by atoms with Gasteiger partial charge < -0.3 is 14.6 Å². The number of fused-ring (bicyclic) bond motifs is 1. The second kappa shape index (κ2) is 8.84. The molecule has 0 saturated heterocycles. The minimum absolute atomic E-state index is 0.195. The third kappa shape index (κ3) is 4.18. The van der Waals surface area contributed by atoms with Crippen LogP contribution in [0.3, 0.4) is 0 Å². The Kier molecular flexibility index (Phi) is 5.76. The summed E-state index contributed by atoms with van der Waals surface area (Å²) in [6.07, 6.45) is 6.64. The number of benzene rings is 2. The molecule has 7 nitrogen and oxygen atoms in total. The average Bonchev–Trinajstić information content (AvgIpc) is 3.35. The van der Waals surface area contributed by atoms with Crippen molar-refractivity contribution >= 4 is 34.8 Å². The first kappa shape index (κ1) is 20.8. The van der Waals surface area contributed by atoms with Crippen molar-refractivity contribution in [2.45, 2.75) is 31.7 Å². The second-order valence-electron chi connectivity index (χ2n) is 7.73. The molecule has 9 heteroatoms. The number of aryl methyl sites for hydroxylation is 1. The van der Waals surface area contributed by atoms with Crippen LogP contribution < -0.4 is 10.1 Å². The fourth-order valence-electron chi connectivity index (χ4n) is 4.11. The molecular weight excluding hydrogens is 447 g/mol. The number of aromatic nitrogens is 5. The number of hydrogen-bond donors (Lipinski definition) is 1. The van der Waals surface area contributed by atoms with Crippen molar-refractivity contribution in [2.24, 2.45) is 0 Å². The average molecular weight is 469 g/mol. The largest absolute Gasteiger partial charge is 0.494 e. The van der Waals surface area contributed by atoms with E-state index in [4.69, 9.17) is 38.0 Å². The van der Waals surface area contributed by atoms with Crippen molar-refractivity contribution in [3.63, 3.8) is 0 Å². The van der Waals surface area contributed by atoms with E-state index in [1.165, 1.54) is 5.56 Å². The van der Waals surface area contributed by atoms with Crippen molar-refractivity contribution in [3.8, 4) is 11.4 Å². The molecule has 1 aliphatic heterocycles. The number of ether oxygens (including phenoxy) is 1. The van der Waals surface area contributed by atoms with Gasteiger partial charge in [-0.25, -0.2) is 9.67 Å². The Balaban J connectivity index is 1.43. The Morgan fingerprint density at radius 3 is 2.69 bits per heavy atom. The van der Waals surface area contributed by atoms with Gasteiger partial charge in [-0.05, 0) is 42.7 Å². The standard InChI is InChI=1S/C23H22Cl2N6O/c1-32-20-12-17(9-10-19(20)30-13-21(25)26-14-30)27-23-28-22-18(4-2-3-11-31(22)29-23)15-5-7-16(24)8-6-15/h5-10,12-14,18H,2-4,11H2,1H3,(H,27,29). The molecule has 1 atom stereocenters. The highest BCUT2D eigenvalue weighted by Gasteiger charge is 2.24. The van der Waals surface area contributed by atoms with Crippen LogP contribution in [0.1, 0.15) is 36.6 Å². The monoisotopic (exact) mass is 468 g/mol. The lowest BCUT2D eigenvalue weighted by Crippen LogP contribution is -2.08. The van der Waals surface area contributed by atoms with Gasteiger partial charge in [0.25, 0.3) is 0 Å². The molecule has 4 aromatic rings. The molecule has 0 spiro atoms. The van der Waals surface area contributed by atoms with Crippen molar-refractivity contribution in [1.29, 1.82) is 0 Å². The minimum atomic E-state index is 0.195. The van der Waals surface area contributed by atoms with Crippen molar-refractivity contribution in [2.75, 3.05) is 12.4 Å². The fourth-order valence-corrected chi connectivity index (χ4v) is 4.38. The molecule has 1 N–H and O–H groups in total. The highest BCUT2D eigenvalue weighted by atomic mass is 35.5. The predicted octanol–water partition coefficient (Wildman–Crippen LogP) is 5.84. The van der Waals surface area contributed by atoms with Gasteiger partial charge >= 0.3 is 0 Å². The highest BCUT2D eigenvalue weighted by molar-refractivity contribution is 6.30. The summed E-state index contributed by atoms with van der Waals surface area (Å²) >= 11 is 12.0. The molecule has 1 aliphatic rings. The van der Waals surface area contributed by atoms with E-state index in [2.05, 4.69) is 22.4 Å². The summed E-state index contributed by atoms with van der Waals surface area (Å²) in [6.45, 7) is 0.859. The zero-order valence-electron chi connectivity index (χ0n) is 17.5. The van der Waals surface area contributed by atoms with E-state index in [0.29, 0.717) is 16.9 Å². The number of anilines is 2. The molecule has 0 amide bonds. The smallest absolute Gasteiger partial charge is 0.246 e. The summed E-state index contributed by atoms with van der Waals surface area (Å²) in [7, 11) is 1.63. The first-order chi connectivity index (χ1) is 15.6. The molecule has 1 unspecified atom stereocenters. The summed E-state index contributed by atoms with van der Waals surface area (Å²) in [6, 6.07) is 13.8. The quantitative estimate of drug-likeness (QED) is 0.398. The molecule has 0 aliphatic carbocycles. The number of imidazole rings is 1. The zero-order chi connectivity index (χ0) is 22.1. The van der Waals surface area contributed by atoms with Crippen LogP contribution in [0.5, 0.6) is 5.75 Å². The van der Waals surface area contributed by atoms with Crippen LogP contribution in [0.2, 0.25) is 10.2 Å². The topological polar surface area (TPSA) is 69.8 Å². The Hall–Kier alpha value is -3.03. The third-order valence-electron chi connectivity index (χ3n) is 5.66. The van der Waals surface area contributed by atoms with E-state index >= 15 is 0 Å². The number of nitrogens with zero attached hydrogens (tertiary/aromatic N) is 5. The first-order valence-electron chi connectivity index (χ1n) is 10.5. The Morgan fingerprint density at radius 2 is 1.94 bits per heavy atom. The zero-order valence-corrected chi connectivity index (χ0v) is 19.0. The second-order valence-corrected chi connectivity index (χ2v) is 8.56. The van der Waals surface area contributed by atoms with Gasteiger partial charge in [-0.15, -0.1) is 5.10 Å². The number of nitrogens with one attached hydrogen (secondary N) is 1. The van der Waals surface area contributed by atoms with Gasteiger partial charge in [-0.2, -0.15) is 4.98 Å². The molecule has 3 heterocycles. The first-order valence-corrected chi connectivity index (χ1v) is 11.2. The van der Waals surface area contributed by atoms with Crippen LogP contribution in [0.15, 0.2) is 55.0 Å². The summed E-state index contributed by atoms with van der Waals surface area (Å²) in [5.41, 5.74) is 2.89. The maximum absolute atomic E-state index is 6.09. The SMILES string of the molecule is COc1cc(Nc2nc3n(n2)CCCCC3c2ccc(Cl)cc2)ccc1-n1cnc(Cl)c1. The predicted molar refractivity (Wildman–Crippen MR) is 126 cm³/mol. The molecule has 0 bridgehead atoms. The lowest BCUT2D eigenvalue weighted by atomic mass is 9.94. The highest BCUT2D eigenvalue weighted by Crippen LogP contribution is 2.34. The molecule has 0 saturated carbocycles. The van der Waals surface area contributed by atoms with E-state index in [-0.39, 0.29) is 5.92 Å². The molecule has 32 heavy (non-hydrogen) atoms. The van der Waals surface area contributed by atoms with E-state index in [1.54, 1.807) is 19.6 Å². The molecular formula is C23H22Cl2N6O. The van der Waals surface area contributed by atoms with Crippen molar-refractivity contribution in [3.05, 3.63) is 76.6 Å². The van der Waals surface area contributed by atoms with Crippen LogP contribution in [0, 0.1) is 0 Å². The van der Waals surface area contributed by atoms with Crippen molar-refractivity contribution in [1.82, 2.24) is 24.3 Å². The van der Waals surface area contributed by atoms with E-state index in [9.17, 15) is 0 Å². The number of methoxy groups -OCH3 is 1. The molecule has 164 valence electrons. The maximum Gasteiger partial charge on any atom is 0.246 e. The van der Waals surface area contributed by atoms with Crippen LogP contribution in [0.25, 0.3) is 5.69 Å². The van der Waals surface area contributed by atoms with Gasteiger partial charge in [0.05, 0.1) is 12.8 Å². The molecule has 5 rings (SSSR count). The summed E-state index contributed by atoms with van der Waals surface area (Å²) < 4.78 is 9.42. The fraction of sp³-hybridized carbons (Fsp3) is 0.261. The molecule has 2 aromatic carbocycles. The van der Waals surface area contributed by atoms with E-state index < -0.39 is 0 Å². The normalized spacial score (nSPS) is 15.8. The third-order valence-corrected chi connectivity index (χ3v) is 6.11. The lowest BCUT2D eigenvalue weighted by Gasteiger charge is -2.14. The van der Waals surface area contributed by atoms with Crippen LogP contribution >= 0.6 is 23.2 Å². The van der Waals surface area contributed by atoms with Gasteiger partial charge in [0.1, 0.15) is 23.1 Å². The summed E-state index contributed by atoms with van der Waals surface area (Å²) in [5, 5.41) is 9.22. The van der Waals surface area contributed by atoms with Gasteiger partial charge in [0.2, 0.25) is 5.95 Å². The molecule has 0 radical (unpaired) electrons. The van der Waals surface area contributed by atoms with Gasteiger partial charge in [0.15, 0.2) is 0 Å². The van der Waals surface area contributed by atoms with Crippen LogP contribution in [-0.4, -0.2) is 31.4 Å². The summed E-state index contributed by atoms with van der Waals surface area (Å²) in [5.74, 6) is 2.43. The Labute approximate surface area is 196 Å². The van der Waals surface area contributed by atoms with Crippen molar-refractivity contribution < 1.29 is 4.74 Å². The number of hydrogen-bond acceptors (Lipinski definition) is 5. The lowest BCUT2D eigenvalue weighted by molar-refractivity contribution is 0.413. The van der Waals surface area contributed by atoms with Gasteiger partial charge in [0, 0.05) is 35.4 Å². The van der Waals surface area contributed by atoms with Gasteiger partial charge in [-0.1, -0.05) is 41.8 Å². The minimum Gasteiger partial charge on any atom is -0.494 e.